The highest BCUT2D eigenvalue weighted by Gasteiger charge is 2.21. The van der Waals surface area contributed by atoms with E-state index in [0.717, 1.165) is 11.5 Å². The Morgan fingerprint density at radius 3 is 2.58 bits per heavy atom. The number of aryl methyl sites for hydroxylation is 1. The van der Waals surface area contributed by atoms with E-state index in [1.165, 1.54) is 23.9 Å². The molecule has 0 aliphatic rings. The van der Waals surface area contributed by atoms with Crippen molar-refractivity contribution in [2.24, 2.45) is 0 Å². The van der Waals surface area contributed by atoms with Crippen LogP contribution in [0, 0.1) is 5.82 Å². The predicted molar refractivity (Wildman–Crippen MR) is 96.7 cm³/mol. The molecule has 0 aliphatic heterocycles. The largest absolute Gasteiger partial charge is 0.339 e. The van der Waals surface area contributed by atoms with Gasteiger partial charge in [0.05, 0.1) is 11.8 Å². The summed E-state index contributed by atoms with van der Waals surface area (Å²) in [7, 11) is 3.96. The Bertz CT molecular complexity index is 861. The lowest BCUT2D eigenvalue weighted by atomic mass is 10.2. The van der Waals surface area contributed by atoms with E-state index in [9.17, 15) is 4.39 Å². The first kappa shape index (κ1) is 18.5. The molecule has 3 aromatic rings. The van der Waals surface area contributed by atoms with Gasteiger partial charge in [0, 0.05) is 12.1 Å². The van der Waals surface area contributed by atoms with E-state index in [4.69, 9.17) is 4.52 Å². The lowest BCUT2D eigenvalue weighted by Crippen LogP contribution is -2.20. The van der Waals surface area contributed by atoms with Crippen LogP contribution in [0.4, 0.5) is 4.39 Å². The fraction of sp³-hybridized carbons (Fsp3) is 0.412. The van der Waals surface area contributed by atoms with Crippen molar-refractivity contribution < 1.29 is 8.91 Å². The molecule has 0 N–H and O–H groups in total. The second kappa shape index (κ2) is 7.96. The number of nitrogens with zero attached hydrogens (tertiary/aromatic N) is 6. The van der Waals surface area contributed by atoms with Gasteiger partial charge in [-0.3, -0.25) is 9.47 Å². The van der Waals surface area contributed by atoms with E-state index in [-0.39, 0.29) is 11.9 Å². The highest BCUT2D eigenvalue weighted by Crippen LogP contribution is 2.28. The Balaban J connectivity index is 1.92. The van der Waals surface area contributed by atoms with Crippen LogP contribution < -0.4 is 0 Å². The van der Waals surface area contributed by atoms with Crippen molar-refractivity contribution >= 4 is 11.8 Å². The zero-order chi connectivity index (χ0) is 18.7. The SMILES string of the molecule is CCc1nc(CSc2nnc([C@H](C)N(C)C)n2-c2ccc(F)cc2)no1. The molecular formula is C17H21FN6OS. The fourth-order valence-electron chi connectivity index (χ4n) is 2.33. The first-order valence-electron chi connectivity index (χ1n) is 8.31. The van der Waals surface area contributed by atoms with Crippen LogP contribution in [0.1, 0.15) is 37.4 Å². The van der Waals surface area contributed by atoms with E-state index in [2.05, 4.69) is 20.3 Å². The number of rotatable bonds is 7. The van der Waals surface area contributed by atoms with Gasteiger partial charge in [-0.25, -0.2) is 4.39 Å². The normalized spacial score (nSPS) is 12.7. The number of benzene rings is 1. The first-order valence-corrected chi connectivity index (χ1v) is 9.30. The van der Waals surface area contributed by atoms with Crippen LogP contribution in [0.3, 0.4) is 0 Å². The summed E-state index contributed by atoms with van der Waals surface area (Å²) in [6.45, 7) is 4.01. The van der Waals surface area contributed by atoms with E-state index in [0.29, 0.717) is 29.0 Å². The van der Waals surface area contributed by atoms with Crippen LogP contribution >= 0.6 is 11.8 Å². The lowest BCUT2D eigenvalue weighted by Gasteiger charge is -2.20. The van der Waals surface area contributed by atoms with Gasteiger partial charge in [0.1, 0.15) is 5.82 Å². The fourth-order valence-corrected chi connectivity index (χ4v) is 3.13. The van der Waals surface area contributed by atoms with Crippen LogP contribution in [0.15, 0.2) is 33.9 Å². The second-order valence-electron chi connectivity index (χ2n) is 6.04. The van der Waals surface area contributed by atoms with Gasteiger partial charge in [-0.15, -0.1) is 10.2 Å². The summed E-state index contributed by atoms with van der Waals surface area (Å²) in [5.41, 5.74) is 0.810. The van der Waals surface area contributed by atoms with Gasteiger partial charge < -0.3 is 4.52 Å². The smallest absolute Gasteiger partial charge is 0.226 e. The molecule has 9 heteroatoms. The summed E-state index contributed by atoms with van der Waals surface area (Å²) in [4.78, 5) is 6.36. The minimum absolute atomic E-state index is 0.0405. The van der Waals surface area contributed by atoms with E-state index < -0.39 is 0 Å². The van der Waals surface area contributed by atoms with Gasteiger partial charge >= 0.3 is 0 Å². The predicted octanol–water partition coefficient (Wildman–Crippen LogP) is 3.27. The van der Waals surface area contributed by atoms with E-state index in [1.54, 1.807) is 12.1 Å². The molecule has 138 valence electrons. The standard InChI is InChI=1S/C17H21FN6OS/c1-5-15-19-14(22-25-15)10-26-17-21-20-16(11(2)23(3)4)24(17)13-8-6-12(18)7-9-13/h6-9,11H,5,10H2,1-4H3/t11-/m0/s1. The maximum absolute atomic E-state index is 13.3. The molecule has 0 spiro atoms. The number of aromatic nitrogens is 5. The van der Waals surface area contributed by atoms with Crippen molar-refractivity contribution in [1.82, 2.24) is 29.8 Å². The zero-order valence-electron chi connectivity index (χ0n) is 15.2. The molecule has 0 radical (unpaired) electrons. The van der Waals surface area contributed by atoms with Gasteiger partial charge in [-0.1, -0.05) is 23.8 Å². The van der Waals surface area contributed by atoms with Crippen LogP contribution in [-0.4, -0.2) is 43.9 Å². The number of hydrogen-bond donors (Lipinski definition) is 0. The summed E-state index contributed by atoms with van der Waals surface area (Å²) >= 11 is 1.47. The number of hydrogen-bond acceptors (Lipinski definition) is 7. The lowest BCUT2D eigenvalue weighted by molar-refractivity contribution is 0.305. The highest BCUT2D eigenvalue weighted by atomic mass is 32.2. The number of thioether (sulfide) groups is 1. The molecule has 0 amide bonds. The Morgan fingerprint density at radius 2 is 1.96 bits per heavy atom. The van der Waals surface area contributed by atoms with Gasteiger partial charge in [-0.05, 0) is 45.3 Å². The van der Waals surface area contributed by atoms with Crippen molar-refractivity contribution in [1.29, 1.82) is 0 Å². The van der Waals surface area contributed by atoms with Crippen molar-refractivity contribution in [3.63, 3.8) is 0 Å². The molecule has 2 heterocycles. The third-order valence-corrected chi connectivity index (χ3v) is 4.96. The summed E-state index contributed by atoms with van der Waals surface area (Å²) in [6.07, 6.45) is 0.702. The molecule has 2 aromatic heterocycles. The average Bonchev–Trinajstić information content (AvgIpc) is 3.26. The summed E-state index contributed by atoms with van der Waals surface area (Å²) < 4.78 is 20.4. The molecule has 0 bridgehead atoms. The van der Waals surface area contributed by atoms with Crippen molar-refractivity contribution in [3.8, 4) is 5.69 Å². The molecule has 26 heavy (non-hydrogen) atoms. The second-order valence-corrected chi connectivity index (χ2v) is 6.98. The Hall–Kier alpha value is -2.26. The van der Waals surface area contributed by atoms with Crippen LogP contribution in [0.25, 0.3) is 5.69 Å². The Kier molecular flexibility index (Phi) is 5.67. The highest BCUT2D eigenvalue weighted by molar-refractivity contribution is 7.98. The van der Waals surface area contributed by atoms with E-state index >= 15 is 0 Å². The molecule has 0 unspecified atom stereocenters. The monoisotopic (exact) mass is 376 g/mol. The molecule has 1 aromatic carbocycles. The molecular weight excluding hydrogens is 355 g/mol. The van der Waals surface area contributed by atoms with Gasteiger partial charge in [0.15, 0.2) is 16.8 Å². The molecule has 0 saturated carbocycles. The molecule has 7 nitrogen and oxygen atoms in total. The van der Waals surface area contributed by atoms with Crippen molar-refractivity contribution in [2.45, 2.75) is 37.2 Å². The maximum atomic E-state index is 13.3. The quantitative estimate of drug-likeness (QED) is 0.586. The third kappa shape index (κ3) is 3.94. The Labute approximate surface area is 155 Å². The van der Waals surface area contributed by atoms with Crippen LogP contribution in [-0.2, 0) is 12.2 Å². The van der Waals surface area contributed by atoms with Crippen molar-refractivity contribution in [3.05, 3.63) is 47.6 Å². The topological polar surface area (TPSA) is 72.9 Å². The molecule has 3 rings (SSSR count). The van der Waals surface area contributed by atoms with Crippen LogP contribution in [0.2, 0.25) is 0 Å². The van der Waals surface area contributed by atoms with Crippen LogP contribution in [0.5, 0.6) is 0 Å². The van der Waals surface area contributed by atoms with E-state index in [1.807, 2.05) is 37.4 Å². The number of halogens is 1. The van der Waals surface area contributed by atoms with Gasteiger partial charge in [0.25, 0.3) is 0 Å². The molecule has 1 atom stereocenters. The minimum Gasteiger partial charge on any atom is -0.339 e. The van der Waals surface area contributed by atoms with Gasteiger partial charge in [0.2, 0.25) is 5.89 Å². The molecule has 0 aliphatic carbocycles. The first-order chi connectivity index (χ1) is 12.5. The molecule has 0 saturated heterocycles. The van der Waals surface area contributed by atoms with Gasteiger partial charge in [-0.2, -0.15) is 4.98 Å². The minimum atomic E-state index is -0.280. The third-order valence-electron chi connectivity index (χ3n) is 4.03. The Morgan fingerprint density at radius 1 is 1.23 bits per heavy atom. The summed E-state index contributed by atoms with van der Waals surface area (Å²) in [5, 5.41) is 13.4. The summed E-state index contributed by atoms with van der Waals surface area (Å²) in [6, 6.07) is 6.34. The van der Waals surface area contributed by atoms with Crippen molar-refractivity contribution in [2.75, 3.05) is 14.1 Å². The average molecular weight is 376 g/mol. The summed E-state index contributed by atoms with van der Waals surface area (Å²) in [5.74, 6) is 2.24. The molecule has 0 fully saturated rings. The maximum Gasteiger partial charge on any atom is 0.226 e. The zero-order valence-corrected chi connectivity index (χ0v) is 16.0.